The molecule has 0 spiro atoms. The smallest absolute Gasteiger partial charge is 0.410 e. The molecule has 0 fully saturated rings. The van der Waals surface area contributed by atoms with Crippen molar-refractivity contribution in [3.63, 3.8) is 0 Å². The first-order chi connectivity index (χ1) is 8.16. The summed E-state index contributed by atoms with van der Waals surface area (Å²) in [6, 6.07) is 8.69. The Morgan fingerprint density at radius 2 is 2.06 bits per heavy atom. The van der Waals surface area contributed by atoms with E-state index in [4.69, 9.17) is 4.74 Å². The van der Waals surface area contributed by atoms with E-state index < -0.39 is 6.09 Å². The summed E-state index contributed by atoms with van der Waals surface area (Å²) in [6.45, 7) is 1.81. The number of hydrogen-bond donors (Lipinski definition) is 0. The lowest BCUT2D eigenvalue weighted by Crippen LogP contribution is -2.39. The topological polar surface area (TPSA) is 46.6 Å². The normalized spacial score (nSPS) is 19.2. The lowest BCUT2D eigenvalue weighted by atomic mass is 10.1. The first-order valence-electron chi connectivity index (χ1n) is 5.43. The van der Waals surface area contributed by atoms with E-state index in [-0.39, 0.29) is 11.8 Å². The highest BCUT2D eigenvalue weighted by Crippen LogP contribution is 2.16. The number of ketones is 1. The fraction of sp³-hybridized carbons (Fsp3) is 0.231. The first kappa shape index (κ1) is 11.4. The molecule has 0 unspecified atom stereocenters. The largest absolute Gasteiger partial charge is 0.419 e. The molecular weight excluding hydrogens is 218 g/mol. The third kappa shape index (κ3) is 2.72. The Labute approximate surface area is 99.5 Å². The second-order valence-corrected chi connectivity index (χ2v) is 3.92. The highest BCUT2D eigenvalue weighted by Gasteiger charge is 2.24. The Morgan fingerprint density at radius 1 is 1.35 bits per heavy atom. The van der Waals surface area contributed by atoms with Gasteiger partial charge in [0.15, 0.2) is 5.78 Å². The van der Waals surface area contributed by atoms with Crippen molar-refractivity contribution >= 4 is 11.9 Å². The van der Waals surface area contributed by atoms with Crippen molar-refractivity contribution < 1.29 is 14.3 Å². The fourth-order valence-electron chi connectivity index (χ4n) is 1.65. The first-order valence-corrected chi connectivity index (χ1v) is 5.43. The van der Waals surface area contributed by atoms with Crippen LogP contribution in [-0.2, 0) is 4.79 Å². The molecule has 0 bridgehead atoms. The number of hydrogen-bond acceptors (Lipinski definition) is 3. The van der Waals surface area contributed by atoms with Crippen LogP contribution >= 0.6 is 0 Å². The molecule has 4 heteroatoms. The summed E-state index contributed by atoms with van der Waals surface area (Å²) in [5.41, 5.74) is 0. The second kappa shape index (κ2) is 4.82. The van der Waals surface area contributed by atoms with Crippen LogP contribution in [0.5, 0.6) is 5.75 Å². The van der Waals surface area contributed by atoms with Gasteiger partial charge in [0.25, 0.3) is 0 Å². The van der Waals surface area contributed by atoms with Crippen LogP contribution in [0, 0.1) is 0 Å². The number of carbonyl (C=O) groups is 2. The van der Waals surface area contributed by atoms with Gasteiger partial charge in [0.1, 0.15) is 5.75 Å². The second-order valence-electron chi connectivity index (χ2n) is 3.92. The Bertz CT molecular complexity index is 453. The van der Waals surface area contributed by atoms with Crippen LogP contribution in [0.4, 0.5) is 4.79 Å². The zero-order valence-electron chi connectivity index (χ0n) is 9.50. The van der Waals surface area contributed by atoms with Gasteiger partial charge in [-0.15, -0.1) is 0 Å². The molecule has 1 atom stereocenters. The van der Waals surface area contributed by atoms with Crippen molar-refractivity contribution in [1.29, 1.82) is 0 Å². The summed E-state index contributed by atoms with van der Waals surface area (Å²) in [5, 5.41) is 0. The van der Waals surface area contributed by atoms with Gasteiger partial charge in [-0.3, -0.25) is 9.69 Å². The highest BCUT2D eigenvalue weighted by molar-refractivity contribution is 5.92. The lowest BCUT2D eigenvalue weighted by molar-refractivity contribution is -0.115. The van der Waals surface area contributed by atoms with Gasteiger partial charge in [0.2, 0.25) is 0 Å². The van der Waals surface area contributed by atoms with E-state index in [1.807, 2.05) is 13.0 Å². The SMILES string of the molecule is C[C@H]1CC(=O)C=CN1C(=O)Oc1ccccc1. The predicted octanol–water partition coefficient (Wildman–Crippen LogP) is 2.36. The zero-order valence-corrected chi connectivity index (χ0v) is 9.50. The van der Waals surface area contributed by atoms with Crippen LogP contribution in [-0.4, -0.2) is 22.8 Å². The lowest BCUT2D eigenvalue weighted by Gasteiger charge is -2.26. The van der Waals surface area contributed by atoms with Gasteiger partial charge >= 0.3 is 6.09 Å². The van der Waals surface area contributed by atoms with Crippen LogP contribution in [0.25, 0.3) is 0 Å². The van der Waals surface area contributed by atoms with E-state index in [2.05, 4.69) is 0 Å². The summed E-state index contributed by atoms with van der Waals surface area (Å²) in [7, 11) is 0. The molecule has 0 saturated carbocycles. The van der Waals surface area contributed by atoms with E-state index in [0.717, 1.165) is 0 Å². The minimum Gasteiger partial charge on any atom is -0.410 e. The molecule has 17 heavy (non-hydrogen) atoms. The Morgan fingerprint density at radius 3 is 2.71 bits per heavy atom. The van der Waals surface area contributed by atoms with E-state index in [0.29, 0.717) is 12.2 Å². The summed E-state index contributed by atoms with van der Waals surface area (Å²) >= 11 is 0. The number of benzene rings is 1. The van der Waals surface area contributed by atoms with Crippen molar-refractivity contribution in [2.45, 2.75) is 19.4 Å². The molecular formula is C13H13NO3. The number of ether oxygens (including phenoxy) is 1. The Balaban J connectivity index is 2.06. The van der Waals surface area contributed by atoms with Crippen molar-refractivity contribution in [3.8, 4) is 5.75 Å². The molecule has 1 aliphatic heterocycles. The van der Waals surface area contributed by atoms with Gasteiger partial charge < -0.3 is 4.74 Å². The molecule has 0 N–H and O–H groups in total. The number of rotatable bonds is 1. The van der Waals surface area contributed by atoms with E-state index in [1.54, 1.807) is 24.3 Å². The van der Waals surface area contributed by atoms with E-state index >= 15 is 0 Å². The van der Waals surface area contributed by atoms with Gasteiger partial charge in [0, 0.05) is 18.7 Å². The maximum Gasteiger partial charge on any atom is 0.419 e. The van der Waals surface area contributed by atoms with E-state index in [9.17, 15) is 9.59 Å². The standard InChI is InChI=1S/C13H13NO3/c1-10-9-11(15)7-8-14(10)13(16)17-12-5-3-2-4-6-12/h2-8,10H,9H2,1H3/t10-/m0/s1. The average molecular weight is 231 g/mol. The Kier molecular flexibility index (Phi) is 3.23. The van der Waals surface area contributed by atoms with Gasteiger partial charge in [-0.1, -0.05) is 18.2 Å². The summed E-state index contributed by atoms with van der Waals surface area (Å²) in [6.07, 6.45) is 2.74. The number of amides is 1. The van der Waals surface area contributed by atoms with Gasteiger partial charge in [-0.25, -0.2) is 4.79 Å². The maximum absolute atomic E-state index is 11.8. The number of carbonyl (C=O) groups excluding carboxylic acids is 2. The quantitative estimate of drug-likeness (QED) is 0.745. The van der Waals surface area contributed by atoms with Crippen molar-refractivity contribution in [2.24, 2.45) is 0 Å². The minimum absolute atomic E-state index is 0.0289. The predicted molar refractivity (Wildman–Crippen MR) is 62.5 cm³/mol. The molecule has 1 amide bonds. The van der Waals surface area contributed by atoms with Crippen LogP contribution in [0.3, 0.4) is 0 Å². The van der Waals surface area contributed by atoms with Crippen LogP contribution < -0.4 is 4.74 Å². The minimum atomic E-state index is -0.465. The molecule has 4 nitrogen and oxygen atoms in total. The highest BCUT2D eigenvalue weighted by atomic mass is 16.6. The van der Waals surface area contributed by atoms with Gasteiger partial charge in [0.05, 0.1) is 0 Å². The third-order valence-electron chi connectivity index (χ3n) is 2.55. The molecule has 1 aliphatic rings. The maximum atomic E-state index is 11.8. The molecule has 0 aliphatic carbocycles. The number of nitrogens with zero attached hydrogens (tertiary/aromatic N) is 1. The van der Waals surface area contributed by atoms with Crippen molar-refractivity contribution in [2.75, 3.05) is 0 Å². The molecule has 88 valence electrons. The molecule has 1 aromatic rings. The fourth-order valence-corrected chi connectivity index (χ4v) is 1.65. The Hall–Kier alpha value is -2.10. The molecule has 0 aromatic heterocycles. The molecule has 1 aromatic carbocycles. The van der Waals surface area contributed by atoms with Gasteiger partial charge in [-0.05, 0) is 25.1 Å². The monoisotopic (exact) mass is 231 g/mol. The molecule has 2 rings (SSSR count). The third-order valence-corrected chi connectivity index (χ3v) is 2.55. The average Bonchev–Trinajstić information content (AvgIpc) is 2.30. The van der Waals surface area contributed by atoms with Crippen LogP contribution in [0.15, 0.2) is 42.6 Å². The zero-order chi connectivity index (χ0) is 12.3. The molecule has 0 saturated heterocycles. The number of para-hydroxylation sites is 1. The van der Waals surface area contributed by atoms with Crippen LogP contribution in [0.1, 0.15) is 13.3 Å². The van der Waals surface area contributed by atoms with Crippen LogP contribution in [0.2, 0.25) is 0 Å². The van der Waals surface area contributed by atoms with Gasteiger partial charge in [-0.2, -0.15) is 0 Å². The van der Waals surface area contributed by atoms with E-state index in [1.165, 1.54) is 17.2 Å². The summed E-state index contributed by atoms with van der Waals surface area (Å²) in [5.74, 6) is 0.524. The van der Waals surface area contributed by atoms with Crippen molar-refractivity contribution in [1.82, 2.24) is 4.90 Å². The molecule has 0 radical (unpaired) electrons. The molecule has 1 heterocycles. The number of allylic oxidation sites excluding steroid dienone is 1. The summed E-state index contributed by atoms with van der Waals surface area (Å²) < 4.78 is 5.18. The van der Waals surface area contributed by atoms with Crippen molar-refractivity contribution in [3.05, 3.63) is 42.6 Å². The summed E-state index contributed by atoms with van der Waals surface area (Å²) in [4.78, 5) is 24.4.